The SMILES string of the molecule is CN=C(NCc1cccc([N+](=O)[O-])c1)NCC(C)C.I. The number of non-ortho nitro benzene ring substituents is 1. The Balaban J connectivity index is 0.00000361. The van der Waals surface area contributed by atoms with Crippen molar-refractivity contribution in [3.63, 3.8) is 0 Å². The van der Waals surface area contributed by atoms with Gasteiger partial charge >= 0.3 is 0 Å². The summed E-state index contributed by atoms with van der Waals surface area (Å²) >= 11 is 0. The van der Waals surface area contributed by atoms with E-state index in [1.165, 1.54) is 6.07 Å². The van der Waals surface area contributed by atoms with Crippen LogP contribution < -0.4 is 10.6 Å². The average Bonchev–Trinajstić information content (AvgIpc) is 2.39. The molecule has 0 amide bonds. The lowest BCUT2D eigenvalue weighted by Gasteiger charge is -2.13. The molecule has 0 saturated heterocycles. The minimum Gasteiger partial charge on any atom is -0.356 e. The third-order valence-corrected chi connectivity index (χ3v) is 2.48. The maximum Gasteiger partial charge on any atom is 0.269 e. The predicted octanol–water partition coefficient (Wildman–Crippen LogP) is 2.53. The van der Waals surface area contributed by atoms with E-state index in [9.17, 15) is 10.1 Å². The number of nitrogens with zero attached hydrogens (tertiary/aromatic N) is 2. The quantitative estimate of drug-likeness (QED) is 0.265. The van der Waals surface area contributed by atoms with Crippen molar-refractivity contribution in [2.75, 3.05) is 13.6 Å². The summed E-state index contributed by atoms with van der Waals surface area (Å²) in [5, 5.41) is 17.0. The first kappa shape index (κ1) is 18.6. The number of halogens is 1. The summed E-state index contributed by atoms with van der Waals surface area (Å²) in [6.07, 6.45) is 0. The molecule has 1 aromatic rings. The van der Waals surface area contributed by atoms with Crippen molar-refractivity contribution in [3.8, 4) is 0 Å². The fourth-order valence-electron chi connectivity index (χ4n) is 1.49. The average molecular weight is 392 g/mol. The molecule has 0 aliphatic rings. The van der Waals surface area contributed by atoms with Gasteiger partial charge in [0.2, 0.25) is 0 Å². The number of nitrogens with one attached hydrogen (secondary N) is 2. The lowest BCUT2D eigenvalue weighted by Crippen LogP contribution is -2.38. The summed E-state index contributed by atoms with van der Waals surface area (Å²) in [5.41, 5.74) is 0.950. The van der Waals surface area contributed by atoms with Gasteiger partial charge in [0.25, 0.3) is 5.69 Å². The van der Waals surface area contributed by atoms with Crippen LogP contribution in [0.5, 0.6) is 0 Å². The van der Waals surface area contributed by atoms with Gasteiger partial charge in [-0.25, -0.2) is 0 Å². The Hall–Kier alpha value is -1.38. The third-order valence-electron chi connectivity index (χ3n) is 2.48. The van der Waals surface area contributed by atoms with E-state index in [1.54, 1.807) is 19.2 Å². The zero-order valence-electron chi connectivity index (χ0n) is 11.9. The molecule has 112 valence electrons. The van der Waals surface area contributed by atoms with E-state index in [-0.39, 0.29) is 29.7 Å². The molecule has 0 unspecified atom stereocenters. The standard InChI is InChI=1S/C13H20N4O2.HI/c1-10(2)8-15-13(14-3)16-9-11-5-4-6-12(7-11)17(18)19;/h4-7,10H,8-9H2,1-3H3,(H2,14,15,16);1H. The molecule has 2 N–H and O–H groups in total. The van der Waals surface area contributed by atoms with Gasteiger partial charge in [0, 0.05) is 32.3 Å². The number of rotatable bonds is 5. The Labute approximate surface area is 136 Å². The highest BCUT2D eigenvalue weighted by molar-refractivity contribution is 14.0. The van der Waals surface area contributed by atoms with Crippen molar-refractivity contribution in [2.24, 2.45) is 10.9 Å². The summed E-state index contributed by atoms with van der Waals surface area (Å²) in [7, 11) is 1.70. The molecular formula is C13H21IN4O2. The number of nitro benzene ring substituents is 1. The maximum atomic E-state index is 10.7. The van der Waals surface area contributed by atoms with Gasteiger partial charge in [-0.2, -0.15) is 0 Å². The highest BCUT2D eigenvalue weighted by Gasteiger charge is 2.06. The molecular weight excluding hydrogens is 371 g/mol. The zero-order valence-corrected chi connectivity index (χ0v) is 14.3. The fourth-order valence-corrected chi connectivity index (χ4v) is 1.49. The van der Waals surface area contributed by atoms with Gasteiger partial charge < -0.3 is 10.6 Å². The molecule has 1 aromatic carbocycles. The van der Waals surface area contributed by atoms with Gasteiger partial charge in [-0.05, 0) is 11.5 Å². The smallest absolute Gasteiger partial charge is 0.269 e. The van der Waals surface area contributed by atoms with Gasteiger partial charge in [0.1, 0.15) is 0 Å². The van der Waals surface area contributed by atoms with Crippen LogP contribution in [0.4, 0.5) is 5.69 Å². The monoisotopic (exact) mass is 392 g/mol. The third kappa shape index (κ3) is 6.69. The van der Waals surface area contributed by atoms with Crippen molar-refractivity contribution in [1.82, 2.24) is 10.6 Å². The number of guanidine groups is 1. The first-order chi connectivity index (χ1) is 9.02. The number of hydrogen-bond donors (Lipinski definition) is 2. The number of hydrogen-bond acceptors (Lipinski definition) is 3. The molecule has 0 atom stereocenters. The highest BCUT2D eigenvalue weighted by atomic mass is 127. The van der Waals surface area contributed by atoms with Gasteiger partial charge in [0.05, 0.1) is 4.92 Å². The molecule has 7 heteroatoms. The number of nitro groups is 1. The second-order valence-electron chi connectivity index (χ2n) is 4.63. The van der Waals surface area contributed by atoms with Crippen molar-refractivity contribution in [3.05, 3.63) is 39.9 Å². The summed E-state index contributed by atoms with van der Waals surface area (Å²) in [4.78, 5) is 14.4. The highest BCUT2D eigenvalue weighted by Crippen LogP contribution is 2.12. The fraction of sp³-hybridized carbons (Fsp3) is 0.462. The number of aliphatic imine (C=N–C) groups is 1. The first-order valence-corrected chi connectivity index (χ1v) is 6.20. The van der Waals surface area contributed by atoms with Crippen LogP contribution in [0.3, 0.4) is 0 Å². The van der Waals surface area contributed by atoms with Gasteiger partial charge in [-0.1, -0.05) is 26.0 Å². The summed E-state index contributed by atoms with van der Waals surface area (Å²) in [6, 6.07) is 6.56. The second-order valence-corrected chi connectivity index (χ2v) is 4.63. The van der Waals surface area contributed by atoms with Crippen LogP contribution in [0.2, 0.25) is 0 Å². The van der Waals surface area contributed by atoms with Crippen LogP contribution in [-0.2, 0) is 6.54 Å². The van der Waals surface area contributed by atoms with Crippen molar-refractivity contribution < 1.29 is 4.92 Å². The van der Waals surface area contributed by atoms with Crippen LogP contribution in [0.25, 0.3) is 0 Å². The Morgan fingerprint density at radius 3 is 2.65 bits per heavy atom. The lowest BCUT2D eigenvalue weighted by atomic mass is 10.2. The molecule has 1 rings (SSSR count). The summed E-state index contributed by atoms with van der Waals surface area (Å²) in [6.45, 7) is 5.55. The minimum atomic E-state index is -0.394. The van der Waals surface area contributed by atoms with Crippen molar-refractivity contribution >= 4 is 35.6 Å². The molecule has 6 nitrogen and oxygen atoms in total. The van der Waals surface area contributed by atoms with E-state index in [1.807, 2.05) is 6.07 Å². The minimum absolute atomic E-state index is 0. The molecule has 0 spiro atoms. The molecule has 0 aromatic heterocycles. The molecule has 0 aliphatic heterocycles. The van der Waals surface area contributed by atoms with Crippen LogP contribution >= 0.6 is 24.0 Å². The predicted molar refractivity (Wildman–Crippen MR) is 91.6 cm³/mol. The summed E-state index contributed by atoms with van der Waals surface area (Å²) in [5.74, 6) is 1.22. The van der Waals surface area contributed by atoms with E-state index in [0.717, 1.165) is 12.1 Å². The number of benzene rings is 1. The Morgan fingerprint density at radius 2 is 2.10 bits per heavy atom. The molecule has 0 radical (unpaired) electrons. The Bertz CT molecular complexity index is 463. The van der Waals surface area contributed by atoms with E-state index < -0.39 is 4.92 Å². The van der Waals surface area contributed by atoms with Crippen molar-refractivity contribution in [1.29, 1.82) is 0 Å². The molecule has 0 fully saturated rings. The normalized spacial score (nSPS) is 10.9. The van der Waals surface area contributed by atoms with E-state index in [4.69, 9.17) is 0 Å². The molecule has 0 saturated carbocycles. The maximum absolute atomic E-state index is 10.7. The van der Waals surface area contributed by atoms with E-state index in [0.29, 0.717) is 18.4 Å². The van der Waals surface area contributed by atoms with Crippen LogP contribution in [0.1, 0.15) is 19.4 Å². The van der Waals surface area contributed by atoms with Crippen LogP contribution in [0.15, 0.2) is 29.3 Å². The largest absolute Gasteiger partial charge is 0.356 e. The van der Waals surface area contributed by atoms with Gasteiger partial charge in [-0.3, -0.25) is 15.1 Å². The van der Waals surface area contributed by atoms with E-state index in [2.05, 4.69) is 29.5 Å². The second kappa shape index (κ2) is 9.51. The first-order valence-electron chi connectivity index (χ1n) is 6.20. The summed E-state index contributed by atoms with van der Waals surface area (Å²) < 4.78 is 0. The van der Waals surface area contributed by atoms with Gasteiger partial charge in [0.15, 0.2) is 5.96 Å². The van der Waals surface area contributed by atoms with Crippen LogP contribution in [-0.4, -0.2) is 24.5 Å². The molecule has 0 bridgehead atoms. The van der Waals surface area contributed by atoms with E-state index >= 15 is 0 Å². The van der Waals surface area contributed by atoms with Crippen molar-refractivity contribution in [2.45, 2.75) is 20.4 Å². The lowest BCUT2D eigenvalue weighted by molar-refractivity contribution is -0.384. The zero-order chi connectivity index (χ0) is 14.3. The molecule has 0 aliphatic carbocycles. The Kier molecular flexibility index (Phi) is 8.86. The Morgan fingerprint density at radius 1 is 1.40 bits per heavy atom. The molecule has 20 heavy (non-hydrogen) atoms. The topological polar surface area (TPSA) is 79.6 Å². The van der Waals surface area contributed by atoms with Gasteiger partial charge in [-0.15, -0.1) is 24.0 Å². The molecule has 0 heterocycles. The van der Waals surface area contributed by atoms with Crippen LogP contribution in [0, 0.1) is 16.0 Å².